The van der Waals surface area contributed by atoms with Gasteiger partial charge in [-0.1, -0.05) is 47.0 Å². The molecule has 1 aromatic carbocycles. The maximum atomic E-state index is 3.42. The van der Waals surface area contributed by atoms with E-state index < -0.39 is 0 Å². The first-order valence-electron chi connectivity index (χ1n) is 6.53. The fourth-order valence-electron chi connectivity index (χ4n) is 1.57. The molecule has 0 bridgehead atoms. The largest absolute Gasteiger partial charge is 0.323 e. The fraction of sp³-hybridized carbons (Fsp3) is 0.500. The van der Waals surface area contributed by atoms with Crippen molar-refractivity contribution in [2.75, 3.05) is 0 Å². The minimum Gasteiger partial charge on any atom is -0.323 e. The zero-order valence-corrected chi connectivity index (χ0v) is 14.6. The Labute approximate surface area is 133 Å². The molecule has 0 saturated heterocycles. The Morgan fingerprint density at radius 2 is 1.71 bits per heavy atom. The maximum absolute atomic E-state index is 3.42. The standard InChI is InChI=1S/C12H12.2C2H6.Y/c1-3-7-11(8-4-1)12-9-5-2-6-10-12;2*1-2;/h1,3-4,7H,2,5-6,9H2;2*1-2H3;/q-2;;;. The van der Waals surface area contributed by atoms with Crippen molar-refractivity contribution in [2.24, 2.45) is 0 Å². The minimum absolute atomic E-state index is 0. The van der Waals surface area contributed by atoms with Gasteiger partial charge in [-0.25, -0.2) is 12.1 Å². The summed E-state index contributed by atoms with van der Waals surface area (Å²) >= 11 is 0. The molecule has 0 unspecified atom stereocenters. The molecule has 0 aliphatic heterocycles. The van der Waals surface area contributed by atoms with Gasteiger partial charge in [0.2, 0.25) is 0 Å². The zero-order chi connectivity index (χ0) is 12.2. The van der Waals surface area contributed by atoms with Crippen LogP contribution in [0.15, 0.2) is 24.3 Å². The number of hydrogen-bond acceptors (Lipinski definition) is 0. The molecule has 17 heavy (non-hydrogen) atoms. The molecule has 1 heteroatoms. The monoisotopic (exact) mass is 305 g/mol. The predicted molar refractivity (Wildman–Crippen MR) is 73.1 cm³/mol. The van der Waals surface area contributed by atoms with Crippen LogP contribution in [0.5, 0.6) is 0 Å². The molecule has 1 aliphatic rings. The molecule has 0 aromatic heterocycles. The van der Waals surface area contributed by atoms with E-state index in [4.69, 9.17) is 0 Å². The third kappa shape index (κ3) is 7.89. The second-order valence-corrected chi connectivity index (χ2v) is 3.14. The van der Waals surface area contributed by atoms with E-state index in [2.05, 4.69) is 24.3 Å². The van der Waals surface area contributed by atoms with Crippen molar-refractivity contribution in [1.82, 2.24) is 0 Å². The van der Waals surface area contributed by atoms with Crippen LogP contribution in [0, 0.1) is 12.1 Å². The van der Waals surface area contributed by atoms with E-state index in [9.17, 15) is 0 Å². The Morgan fingerprint density at radius 3 is 2.18 bits per heavy atom. The smallest absolute Gasteiger partial charge is 0 e. The molecule has 1 aliphatic carbocycles. The number of benzene rings is 1. The van der Waals surface area contributed by atoms with Crippen molar-refractivity contribution in [3.63, 3.8) is 0 Å². The summed E-state index contributed by atoms with van der Waals surface area (Å²) in [5.74, 6) is 0. The van der Waals surface area contributed by atoms with Crippen molar-refractivity contribution >= 4 is 5.57 Å². The van der Waals surface area contributed by atoms with Gasteiger partial charge in [0.15, 0.2) is 0 Å². The van der Waals surface area contributed by atoms with Crippen LogP contribution in [0.3, 0.4) is 0 Å². The van der Waals surface area contributed by atoms with E-state index in [0.29, 0.717) is 0 Å². The molecule has 93 valence electrons. The summed E-state index contributed by atoms with van der Waals surface area (Å²) in [7, 11) is 0. The van der Waals surface area contributed by atoms with Gasteiger partial charge in [-0.05, 0) is 0 Å². The van der Waals surface area contributed by atoms with Crippen LogP contribution in [0.2, 0.25) is 0 Å². The molecule has 2 rings (SSSR count). The van der Waals surface area contributed by atoms with E-state index in [-0.39, 0.29) is 32.7 Å². The van der Waals surface area contributed by atoms with E-state index in [1.807, 2.05) is 39.8 Å². The Bertz CT molecular complexity index is 275. The van der Waals surface area contributed by atoms with Crippen molar-refractivity contribution in [2.45, 2.75) is 53.4 Å². The second kappa shape index (κ2) is 14.1. The Balaban J connectivity index is 0. The zero-order valence-electron chi connectivity index (χ0n) is 11.7. The summed E-state index contributed by atoms with van der Waals surface area (Å²) in [5.41, 5.74) is 2.60. The Hall–Kier alpha value is 0.0639. The summed E-state index contributed by atoms with van der Waals surface area (Å²) < 4.78 is 0. The van der Waals surface area contributed by atoms with Crippen molar-refractivity contribution < 1.29 is 32.7 Å². The molecule has 0 nitrogen and oxygen atoms in total. The summed E-state index contributed by atoms with van der Waals surface area (Å²) in [5, 5.41) is 0. The molecular weight excluding hydrogens is 281 g/mol. The van der Waals surface area contributed by atoms with Gasteiger partial charge in [0.1, 0.15) is 0 Å². The van der Waals surface area contributed by atoms with Crippen molar-refractivity contribution in [3.05, 3.63) is 42.0 Å². The number of rotatable bonds is 1. The molecule has 0 fully saturated rings. The van der Waals surface area contributed by atoms with E-state index in [0.717, 1.165) is 6.42 Å². The summed E-state index contributed by atoms with van der Waals surface area (Å²) in [6.07, 6.45) is 8.34. The van der Waals surface area contributed by atoms with E-state index in [1.54, 1.807) is 0 Å². The second-order valence-electron chi connectivity index (χ2n) is 3.14. The fourth-order valence-corrected chi connectivity index (χ4v) is 1.57. The van der Waals surface area contributed by atoms with E-state index in [1.165, 1.54) is 30.4 Å². The summed E-state index contributed by atoms with van der Waals surface area (Å²) in [6, 6.07) is 11.4. The molecule has 0 atom stereocenters. The topological polar surface area (TPSA) is 0 Å². The van der Waals surface area contributed by atoms with Gasteiger partial charge in [-0.3, -0.25) is 5.57 Å². The van der Waals surface area contributed by atoms with Crippen LogP contribution in [0.1, 0.15) is 58.9 Å². The van der Waals surface area contributed by atoms with Gasteiger partial charge >= 0.3 is 0 Å². The maximum Gasteiger partial charge on any atom is 0 e. The molecule has 1 aromatic rings. The van der Waals surface area contributed by atoms with Crippen molar-refractivity contribution in [1.29, 1.82) is 0 Å². The van der Waals surface area contributed by atoms with Crippen LogP contribution in [-0.4, -0.2) is 0 Å². The van der Waals surface area contributed by atoms with Crippen LogP contribution in [-0.2, 0) is 32.7 Å². The average molecular weight is 305 g/mol. The van der Waals surface area contributed by atoms with Crippen LogP contribution < -0.4 is 0 Å². The Morgan fingerprint density at radius 1 is 1.00 bits per heavy atom. The minimum atomic E-state index is 0. The third-order valence-electron chi connectivity index (χ3n) is 2.23. The normalized spacial score (nSPS) is 12.8. The summed E-state index contributed by atoms with van der Waals surface area (Å²) in [6.45, 7) is 8.00. The van der Waals surface area contributed by atoms with Gasteiger partial charge in [0.05, 0.1) is 0 Å². The first-order chi connectivity index (χ1) is 7.97. The SMILES string of the molecule is CC.CC.[C-]1=C(c2[c-]cccc2)CCCC1.[Y]. The first kappa shape index (κ1) is 19.4. The third-order valence-corrected chi connectivity index (χ3v) is 2.23. The summed E-state index contributed by atoms with van der Waals surface area (Å²) in [4.78, 5) is 0. The predicted octanol–water partition coefficient (Wildman–Crippen LogP) is 5.30. The van der Waals surface area contributed by atoms with E-state index >= 15 is 0 Å². The molecule has 0 saturated carbocycles. The number of hydrogen-bond donors (Lipinski definition) is 0. The molecule has 0 N–H and O–H groups in total. The quantitative estimate of drug-likeness (QED) is 0.618. The van der Waals surface area contributed by atoms with Crippen LogP contribution in [0.25, 0.3) is 5.57 Å². The van der Waals surface area contributed by atoms with Crippen molar-refractivity contribution in [3.8, 4) is 0 Å². The molecule has 1 radical (unpaired) electrons. The molecule has 0 amide bonds. The average Bonchev–Trinajstić information content (AvgIpc) is 2.45. The van der Waals surface area contributed by atoms with Gasteiger partial charge < -0.3 is 11.6 Å². The van der Waals surface area contributed by atoms with Gasteiger partial charge in [-0.2, -0.15) is 12.1 Å². The molecule has 0 spiro atoms. The van der Waals surface area contributed by atoms with Gasteiger partial charge in [0, 0.05) is 32.7 Å². The van der Waals surface area contributed by atoms with Gasteiger partial charge in [0.25, 0.3) is 0 Å². The number of allylic oxidation sites excluding steroid dienone is 2. The Kier molecular flexibility index (Phi) is 16.1. The van der Waals surface area contributed by atoms with Crippen LogP contribution >= 0.6 is 0 Å². The molecular formula is C16H24Y-2. The van der Waals surface area contributed by atoms with Gasteiger partial charge in [-0.15, -0.1) is 12.5 Å². The first-order valence-corrected chi connectivity index (χ1v) is 6.53. The molecule has 0 heterocycles. The van der Waals surface area contributed by atoms with Crippen LogP contribution in [0.4, 0.5) is 0 Å².